The van der Waals surface area contributed by atoms with Crippen LogP contribution in [0.5, 0.6) is 5.75 Å². The number of fused-ring (bicyclic) bond motifs is 3. The average molecular weight is 245 g/mol. The highest BCUT2D eigenvalue weighted by atomic mass is 32.2. The molecule has 3 nitrogen and oxygen atoms in total. The van der Waals surface area contributed by atoms with Crippen LogP contribution in [-0.2, 0) is 10.2 Å². The van der Waals surface area contributed by atoms with Gasteiger partial charge in [-0.2, -0.15) is 0 Å². The van der Waals surface area contributed by atoms with Crippen molar-refractivity contribution in [2.45, 2.75) is 10.3 Å². The van der Waals surface area contributed by atoms with Gasteiger partial charge < -0.3 is 9.84 Å². The number of aromatic nitrogens is 1. The molecule has 86 valence electrons. The maximum absolute atomic E-state index is 9.83. The van der Waals surface area contributed by atoms with E-state index in [1.807, 2.05) is 11.8 Å². The Morgan fingerprint density at radius 3 is 3.00 bits per heavy atom. The number of nitrogens with zero attached hydrogens (tertiary/aromatic N) is 1. The fourth-order valence-electron chi connectivity index (χ4n) is 2.57. The van der Waals surface area contributed by atoms with E-state index in [1.165, 1.54) is 10.5 Å². The van der Waals surface area contributed by atoms with Crippen molar-refractivity contribution in [2.24, 2.45) is 0 Å². The van der Waals surface area contributed by atoms with Gasteiger partial charge >= 0.3 is 0 Å². The second-order valence-corrected chi connectivity index (χ2v) is 5.77. The topological polar surface area (TPSA) is 42.4 Å². The lowest BCUT2D eigenvalue weighted by Crippen LogP contribution is -2.46. The van der Waals surface area contributed by atoms with Crippen LogP contribution in [0.1, 0.15) is 5.56 Å². The highest BCUT2D eigenvalue weighted by molar-refractivity contribution is 7.99. The summed E-state index contributed by atoms with van der Waals surface area (Å²) in [5.41, 5.74) is 2.43. The number of ether oxygens (including phenoxy) is 1. The Balaban J connectivity index is 2.01. The minimum absolute atomic E-state index is 0.210. The van der Waals surface area contributed by atoms with Gasteiger partial charge in [0.25, 0.3) is 0 Å². The van der Waals surface area contributed by atoms with Crippen molar-refractivity contribution in [1.82, 2.24) is 4.98 Å². The van der Waals surface area contributed by atoms with Crippen LogP contribution in [0, 0.1) is 0 Å². The van der Waals surface area contributed by atoms with Crippen LogP contribution in [0.25, 0.3) is 10.9 Å². The van der Waals surface area contributed by atoms with E-state index in [0.717, 1.165) is 29.9 Å². The van der Waals surface area contributed by atoms with Crippen LogP contribution >= 0.6 is 11.8 Å². The summed E-state index contributed by atoms with van der Waals surface area (Å²) in [6.45, 7) is 1.63. The minimum Gasteiger partial charge on any atom is -0.507 e. The monoisotopic (exact) mass is 245 g/mol. The molecular weight excluding hydrogens is 234 g/mol. The van der Waals surface area contributed by atoms with Crippen LogP contribution in [0.2, 0.25) is 0 Å². The molecule has 4 heteroatoms. The maximum Gasteiger partial charge on any atom is 0.126 e. The second kappa shape index (κ2) is 3.15. The normalized spacial score (nSPS) is 20.5. The minimum atomic E-state index is 0.210. The molecule has 1 spiro atoms. The lowest BCUT2D eigenvalue weighted by atomic mass is 9.80. The predicted octanol–water partition coefficient (Wildman–Crippen LogP) is 2.31. The molecule has 2 aliphatic heterocycles. The lowest BCUT2D eigenvalue weighted by Gasteiger charge is -2.38. The Bertz CT molecular complexity index is 622. The van der Waals surface area contributed by atoms with Gasteiger partial charge in [0, 0.05) is 22.2 Å². The standard InChI is InChI=1S/C13H11NO2S/c15-11-1-2-14-10-4-9-12(3-8(10)11)17-7-13(9)5-16-6-13/h1-4H,5-7H2,(H,14,15). The highest BCUT2D eigenvalue weighted by Crippen LogP contribution is 2.49. The van der Waals surface area contributed by atoms with Gasteiger partial charge in [-0.05, 0) is 23.8 Å². The van der Waals surface area contributed by atoms with Gasteiger partial charge in [-0.25, -0.2) is 0 Å². The van der Waals surface area contributed by atoms with E-state index in [-0.39, 0.29) is 5.41 Å². The Labute approximate surface area is 103 Å². The van der Waals surface area contributed by atoms with Crippen molar-refractivity contribution in [3.63, 3.8) is 0 Å². The molecule has 0 unspecified atom stereocenters. The summed E-state index contributed by atoms with van der Waals surface area (Å²) in [6, 6.07) is 5.81. The van der Waals surface area contributed by atoms with Crippen LogP contribution in [0.4, 0.5) is 0 Å². The molecule has 0 atom stereocenters. The quantitative estimate of drug-likeness (QED) is 0.773. The number of thioether (sulfide) groups is 1. The molecular formula is C13H11NO2S. The molecule has 0 bridgehead atoms. The molecule has 1 aromatic carbocycles. The molecule has 1 N–H and O–H groups in total. The van der Waals surface area contributed by atoms with Crippen LogP contribution in [0.3, 0.4) is 0 Å². The smallest absolute Gasteiger partial charge is 0.126 e. The Hall–Kier alpha value is -1.26. The average Bonchev–Trinajstić information content (AvgIpc) is 2.65. The first-order chi connectivity index (χ1) is 8.28. The SMILES string of the molecule is Oc1ccnc2cc3c(cc12)SCC31COC1. The van der Waals surface area contributed by atoms with Crippen molar-refractivity contribution in [3.8, 4) is 5.75 Å². The summed E-state index contributed by atoms with van der Waals surface area (Å²) in [5.74, 6) is 1.39. The summed E-state index contributed by atoms with van der Waals surface area (Å²) in [5, 5.41) is 10.7. The first kappa shape index (κ1) is 9.74. The number of rotatable bonds is 0. The van der Waals surface area contributed by atoms with E-state index in [0.29, 0.717) is 5.75 Å². The third-order valence-electron chi connectivity index (χ3n) is 3.65. The summed E-state index contributed by atoms with van der Waals surface area (Å²) in [7, 11) is 0. The Morgan fingerprint density at radius 2 is 2.24 bits per heavy atom. The largest absolute Gasteiger partial charge is 0.507 e. The van der Waals surface area contributed by atoms with E-state index in [2.05, 4.69) is 17.1 Å². The molecule has 4 rings (SSSR count). The summed E-state index contributed by atoms with van der Waals surface area (Å²) < 4.78 is 5.37. The van der Waals surface area contributed by atoms with Gasteiger partial charge in [-0.15, -0.1) is 11.8 Å². The molecule has 2 aliphatic rings. The second-order valence-electron chi connectivity index (χ2n) is 4.76. The first-order valence-electron chi connectivity index (χ1n) is 5.61. The van der Waals surface area contributed by atoms with Crippen molar-refractivity contribution in [2.75, 3.05) is 19.0 Å². The number of hydrogen-bond donors (Lipinski definition) is 1. The summed E-state index contributed by atoms with van der Waals surface area (Å²) in [4.78, 5) is 5.60. The third kappa shape index (κ3) is 1.20. The number of pyridine rings is 1. The molecule has 1 aromatic heterocycles. The lowest BCUT2D eigenvalue weighted by molar-refractivity contribution is -0.0466. The molecule has 17 heavy (non-hydrogen) atoms. The zero-order valence-corrected chi connectivity index (χ0v) is 9.96. The number of hydrogen-bond acceptors (Lipinski definition) is 4. The molecule has 3 heterocycles. The Kier molecular flexibility index (Phi) is 1.80. The fourth-order valence-corrected chi connectivity index (χ4v) is 3.96. The van der Waals surface area contributed by atoms with Gasteiger partial charge in [-0.1, -0.05) is 0 Å². The van der Waals surface area contributed by atoms with E-state index in [9.17, 15) is 5.11 Å². The Morgan fingerprint density at radius 1 is 1.35 bits per heavy atom. The summed E-state index contributed by atoms with van der Waals surface area (Å²) in [6.07, 6.45) is 1.65. The molecule has 1 saturated heterocycles. The third-order valence-corrected chi connectivity index (χ3v) is 5.00. The van der Waals surface area contributed by atoms with Gasteiger partial charge in [0.1, 0.15) is 5.75 Å². The maximum atomic E-state index is 9.83. The molecule has 1 fully saturated rings. The van der Waals surface area contributed by atoms with Gasteiger partial charge in [-0.3, -0.25) is 4.98 Å². The van der Waals surface area contributed by atoms with Gasteiger partial charge in [0.15, 0.2) is 0 Å². The van der Waals surface area contributed by atoms with Crippen molar-refractivity contribution in [3.05, 3.63) is 30.0 Å². The number of benzene rings is 1. The molecule has 2 aromatic rings. The number of aromatic hydroxyl groups is 1. The predicted molar refractivity (Wildman–Crippen MR) is 66.6 cm³/mol. The molecule has 0 radical (unpaired) electrons. The van der Waals surface area contributed by atoms with Crippen LogP contribution < -0.4 is 0 Å². The van der Waals surface area contributed by atoms with E-state index < -0.39 is 0 Å². The fraction of sp³-hybridized carbons (Fsp3) is 0.308. The molecule has 0 aliphatic carbocycles. The molecule has 0 amide bonds. The van der Waals surface area contributed by atoms with Crippen LogP contribution in [0.15, 0.2) is 29.3 Å². The first-order valence-corrected chi connectivity index (χ1v) is 6.60. The summed E-state index contributed by atoms with van der Waals surface area (Å²) >= 11 is 1.86. The molecule has 0 saturated carbocycles. The zero-order chi connectivity index (χ0) is 11.5. The van der Waals surface area contributed by atoms with Crippen LogP contribution in [-0.4, -0.2) is 29.1 Å². The van der Waals surface area contributed by atoms with Gasteiger partial charge in [0.05, 0.1) is 24.1 Å². The zero-order valence-electron chi connectivity index (χ0n) is 9.14. The van der Waals surface area contributed by atoms with Crippen molar-refractivity contribution < 1.29 is 9.84 Å². The van der Waals surface area contributed by atoms with Gasteiger partial charge in [0.2, 0.25) is 0 Å². The van der Waals surface area contributed by atoms with E-state index in [4.69, 9.17) is 4.74 Å². The highest BCUT2D eigenvalue weighted by Gasteiger charge is 2.46. The van der Waals surface area contributed by atoms with E-state index in [1.54, 1.807) is 12.3 Å². The van der Waals surface area contributed by atoms with Crippen molar-refractivity contribution in [1.29, 1.82) is 0 Å². The van der Waals surface area contributed by atoms with E-state index >= 15 is 0 Å². The van der Waals surface area contributed by atoms with Crippen molar-refractivity contribution >= 4 is 22.7 Å².